The third-order valence-corrected chi connectivity index (χ3v) is 4.22. The Balaban J connectivity index is 1.83. The van der Waals surface area contributed by atoms with Crippen molar-refractivity contribution in [3.8, 4) is 5.75 Å². The van der Waals surface area contributed by atoms with E-state index in [2.05, 4.69) is 9.73 Å². The first-order valence-corrected chi connectivity index (χ1v) is 8.62. The number of alkyl halides is 3. The number of aryl methyl sites for hydroxylation is 1. The van der Waals surface area contributed by atoms with Crippen LogP contribution in [0, 0.1) is 12.7 Å². The fourth-order valence-electron chi connectivity index (χ4n) is 2.42. The molecule has 3 aromatic rings. The Morgan fingerprint density at radius 1 is 1.17 bits per heavy atom. The van der Waals surface area contributed by atoms with Gasteiger partial charge in [-0.05, 0) is 37.3 Å². The maximum Gasteiger partial charge on any atom is 0.519 e. The molecule has 1 N–H and O–H groups in total. The van der Waals surface area contributed by atoms with Crippen molar-refractivity contribution in [1.29, 1.82) is 0 Å². The first kappa shape index (κ1) is 21.4. The SMILES string of the molecule is Cc1oc(=O)oc1COc1cc(F)c(Cl)cc1C(=O)Nc1ccc(C(F)(F)F)cc1. The summed E-state index contributed by atoms with van der Waals surface area (Å²) in [5.74, 6) is -2.69. The van der Waals surface area contributed by atoms with Crippen molar-refractivity contribution in [3.63, 3.8) is 0 Å². The van der Waals surface area contributed by atoms with Crippen molar-refractivity contribution in [2.24, 2.45) is 0 Å². The predicted octanol–water partition coefficient (Wildman–Crippen LogP) is 5.18. The molecule has 0 bridgehead atoms. The van der Waals surface area contributed by atoms with Crippen LogP contribution in [0.15, 0.2) is 50.0 Å². The zero-order valence-corrected chi connectivity index (χ0v) is 15.9. The van der Waals surface area contributed by atoms with Crippen molar-refractivity contribution in [3.05, 3.63) is 80.5 Å². The Kier molecular flexibility index (Phi) is 5.88. The number of hydrogen-bond acceptors (Lipinski definition) is 5. The number of halogens is 5. The van der Waals surface area contributed by atoms with Crippen LogP contribution in [-0.2, 0) is 12.8 Å². The van der Waals surface area contributed by atoms with Gasteiger partial charge in [0.2, 0.25) is 0 Å². The fraction of sp³-hybridized carbons (Fsp3) is 0.158. The normalized spacial score (nSPS) is 11.4. The first-order chi connectivity index (χ1) is 14.0. The third kappa shape index (κ3) is 4.82. The van der Waals surface area contributed by atoms with E-state index in [9.17, 15) is 27.2 Å². The van der Waals surface area contributed by atoms with Gasteiger partial charge in [0.15, 0.2) is 11.5 Å². The highest BCUT2D eigenvalue weighted by atomic mass is 35.5. The topological polar surface area (TPSA) is 81.7 Å². The summed E-state index contributed by atoms with van der Waals surface area (Å²) in [5, 5.41) is 2.01. The molecule has 0 aliphatic carbocycles. The molecule has 1 aromatic heterocycles. The number of carbonyl (C=O) groups is 1. The lowest BCUT2D eigenvalue weighted by Crippen LogP contribution is -2.14. The Labute approximate surface area is 171 Å². The van der Waals surface area contributed by atoms with Crippen molar-refractivity contribution in [2.45, 2.75) is 19.7 Å². The van der Waals surface area contributed by atoms with Crippen LogP contribution in [0.4, 0.5) is 23.2 Å². The molecule has 0 unspecified atom stereocenters. The Bertz CT molecular complexity index is 1140. The van der Waals surface area contributed by atoms with Crippen LogP contribution >= 0.6 is 11.6 Å². The maximum absolute atomic E-state index is 13.9. The highest BCUT2D eigenvalue weighted by Crippen LogP contribution is 2.31. The van der Waals surface area contributed by atoms with Gasteiger partial charge in [-0.2, -0.15) is 13.2 Å². The third-order valence-electron chi connectivity index (χ3n) is 3.93. The van der Waals surface area contributed by atoms with Gasteiger partial charge in [-0.25, -0.2) is 9.18 Å². The molecule has 0 aliphatic rings. The summed E-state index contributed by atoms with van der Waals surface area (Å²) in [7, 11) is 0. The molecule has 0 fully saturated rings. The van der Waals surface area contributed by atoms with Crippen LogP contribution < -0.4 is 15.9 Å². The summed E-state index contributed by atoms with van der Waals surface area (Å²) in [6.07, 6.45) is -4.52. The van der Waals surface area contributed by atoms with Crippen LogP contribution in [0.3, 0.4) is 0 Å². The van der Waals surface area contributed by atoms with Crippen molar-refractivity contribution < 1.29 is 35.9 Å². The van der Waals surface area contributed by atoms with Gasteiger partial charge in [-0.1, -0.05) is 11.6 Å². The van der Waals surface area contributed by atoms with Gasteiger partial charge in [-0.3, -0.25) is 4.79 Å². The summed E-state index contributed by atoms with van der Waals surface area (Å²) < 4.78 is 66.6. The number of amides is 1. The van der Waals surface area contributed by atoms with Crippen LogP contribution in [0.2, 0.25) is 5.02 Å². The number of nitrogens with one attached hydrogen (secondary N) is 1. The molecule has 158 valence electrons. The van der Waals surface area contributed by atoms with Gasteiger partial charge in [0.1, 0.15) is 18.2 Å². The molecule has 3 rings (SSSR count). The summed E-state index contributed by atoms with van der Waals surface area (Å²) in [6.45, 7) is 1.10. The molecule has 0 radical (unpaired) electrons. The Hall–Kier alpha value is -3.27. The van der Waals surface area contributed by atoms with Crippen LogP contribution in [0.25, 0.3) is 0 Å². The lowest BCUT2D eigenvalue weighted by molar-refractivity contribution is -0.137. The average Bonchev–Trinajstić information content (AvgIpc) is 2.99. The molecule has 0 aliphatic heterocycles. The molecule has 6 nitrogen and oxygen atoms in total. The van der Waals surface area contributed by atoms with Crippen LogP contribution in [0.5, 0.6) is 5.75 Å². The molecular weight excluding hydrogens is 434 g/mol. The fourth-order valence-corrected chi connectivity index (χ4v) is 2.58. The maximum atomic E-state index is 13.9. The summed E-state index contributed by atoms with van der Waals surface area (Å²) in [5.41, 5.74) is -1.01. The second-order valence-corrected chi connectivity index (χ2v) is 6.42. The minimum Gasteiger partial charge on any atom is -0.485 e. The van der Waals surface area contributed by atoms with E-state index >= 15 is 0 Å². The van der Waals surface area contributed by atoms with Crippen LogP contribution in [0.1, 0.15) is 27.4 Å². The molecule has 11 heteroatoms. The molecule has 1 heterocycles. The molecule has 2 aromatic carbocycles. The summed E-state index contributed by atoms with van der Waals surface area (Å²) in [4.78, 5) is 23.7. The Morgan fingerprint density at radius 2 is 1.83 bits per heavy atom. The number of hydrogen-bond donors (Lipinski definition) is 1. The standard InChI is InChI=1S/C19H12ClF4NO5/c1-9-16(30-18(27)29-9)8-28-15-7-14(21)13(20)6-12(15)17(26)25-11-4-2-10(3-5-11)19(22,23)24/h2-7H,8H2,1H3,(H,25,26). The van der Waals surface area contributed by atoms with Gasteiger partial charge in [0, 0.05) is 11.8 Å². The van der Waals surface area contributed by atoms with E-state index in [4.69, 9.17) is 20.8 Å². The number of carbonyl (C=O) groups excluding carboxylic acids is 1. The number of rotatable bonds is 5. The molecule has 1 amide bonds. The van der Waals surface area contributed by atoms with E-state index in [0.717, 1.165) is 36.4 Å². The quantitative estimate of drug-likeness (QED) is 0.547. The highest BCUT2D eigenvalue weighted by molar-refractivity contribution is 6.31. The first-order valence-electron chi connectivity index (χ1n) is 8.24. The molecule has 0 atom stereocenters. The van der Waals surface area contributed by atoms with E-state index in [1.165, 1.54) is 6.92 Å². The van der Waals surface area contributed by atoms with Gasteiger partial charge in [0.05, 0.1) is 16.1 Å². The molecule has 0 saturated heterocycles. The van der Waals surface area contributed by atoms with Crippen molar-refractivity contribution in [1.82, 2.24) is 0 Å². The largest absolute Gasteiger partial charge is 0.519 e. The van der Waals surface area contributed by atoms with Gasteiger partial charge >= 0.3 is 12.0 Å². The van der Waals surface area contributed by atoms with Gasteiger partial charge in [0.25, 0.3) is 5.91 Å². The van der Waals surface area contributed by atoms with E-state index in [1.807, 2.05) is 0 Å². The minimum absolute atomic E-state index is 0.0319. The predicted molar refractivity (Wildman–Crippen MR) is 97.1 cm³/mol. The van der Waals surface area contributed by atoms with E-state index in [0.29, 0.717) is 0 Å². The molecule has 0 spiro atoms. The molecule has 30 heavy (non-hydrogen) atoms. The lowest BCUT2D eigenvalue weighted by atomic mass is 10.1. The van der Waals surface area contributed by atoms with E-state index < -0.39 is 29.3 Å². The van der Waals surface area contributed by atoms with Crippen molar-refractivity contribution >= 4 is 23.2 Å². The average molecular weight is 446 g/mol. The lowest BCUT2D eigenvalue weighted by Gasteiger charge is -2.13. The second-order valence-electron chi connectivity index (χ2n) is 6.01. The number of ether oxygens (including phenoxy) is 1. The second kappa shape index (κ2) is 8.23. The summed E-state index contributed by atoms with van der Waals surface area (Å²) in [6, 6.07) is 5.59. The zero-order valence-electron chi connectivity index (χ0n) is 15.1. The molecule has 0 saturated carbocycles. The van der Waals surface area contributed by atoms with Gasteiger partial charge in [-0.15, -0.1) is 0 Å². The minimum atomic E-state index is -4.52. The van der Waals surface area contributed by atoms with E-state index in [1.54, 1.807) is 0 Å². The zero-order chi connectivity index (χ0) is 22.1. The highest BCUT2D eigenvalue weighted by Gasteiger charge is 2.30. The molecular formula is C19H12ClF4NO5. The van der Waals surface area contributed by atoms with Crippen molar-refractivity contribution in [2.75, 3.05) is 5.32 Å². The number of anilines is 1. The monoisotopic (exact) mass is 445 g/mol. The smallest absolute Gasteiger partial charge is 0.485 e. The van der Waals surface area contributed by atoms with Gasteiger partial charge < -0.3 is 18.9 Å². The van der Waals surface area contributed by atoms with Crippen LogP contribution in [-0.4, -0.2) is 5.91 Å². The van der Waals surface area contributed by atoms with E-state index in [-0.39, 0.29) is 40.2 Å². The Morgan fingerprint density at radius 3 is 2.40 bits per heavy atom. The summed E-state index contributed by atoms with van der Waals surface area (Å²) >= 11 is 5.74. The number of benzene rings is 2.